The fourth-order valence-electron chi connectivity index (χ4n) is 4.07. The summed E-state index contributed by atoms with van der Waals surface area (Å²) in [5.41, 5.74) is 1.73. The molecule has 2 fully saturated rings. The first-order valence-electron chi connectivity index (χ1n) is 10.5. The molecule has 0 aliphatic carbocycles. The van der Waals surface area contributed by atoms with Gasteiger partial charge in [0.2, 0.25) is 0 Å². The molecule has 2 aliphatic heterocycles. The molecule has 2 aromatic rings. The molecule has 2 atom stereocenters. The molecule has 0 spiro atoms. The van der Waals surface area contributed by atoms with E-state index in [1.807, 2.05) is 39.8 Å². The van der Waals surface area contributed by atoms with Crippen LogP contribution in [-0.2, 0) is 9.53 Å². The highest BCUT2D eigenvalue weighted by Crippen LogP contribution is 2.34. The number of hydrogen-bond donors (Lipinski definition) is 0. The second-order valence-corrected chi connectivity index (χ2v) is 9.71. The number of amides is 1. The molecule has 0 aromatic carbocycles. The molecule has 0 radical (unpaired) electrons. The van der Waals surface area contributed by atoms with Crippen LogP contribution >= 0.6 is 24.0 Å². The predicted octanol–water partition coefficient (Wildman–Crippen LogP) is 3.23. The van der Waals surface area contributed by atoms with Crippen molar-refractivity contribution in [3.63, 3.8) is 0 Å². The third kappa shape index (κ3) is 4.14. The summed E-state index contributed by atoms with van der Waals surface area (Å²) in [6, 6.07) is 3.76. The Labute approximate surface area is 191 Å². The van der Waals surface area contributed by atoms with Crippen LogP contribution in [0.2, 0.25) is 0 Å². The van der Waals surface area contributed by atoms with Gasteiger partial charge in [-0.05, 0) is 44.9 Å². The zero-order chi connectivity index (χ0) is 22.3. The Morgan fingerprint density at radius 3 is 2.68 bits per heavy atom. The van der Waals surface area contributed by atoms with Gasteiger partial charge in [-0.1, -0.05) is 37.0 Å². The van der Waals surface area contributed by atoms with E-state index in [1.54, 1.807) is 21.6 Å². The zero-order valence-corrected chi connectivity index (χ0v) is 19.8. The number of morpholine rings is 1. The molecule has 0 bridgehead atoms. The van der Waals surface area contributed by atoms with Gasteiger partial charge < -0.3 is 9.64 Å². The second-order valence-electron chi connectivity index (χ2n) is 8.03. The molecule has 2 saturated heterocycles. The van der Waals surface area contributed by atoms with Crippen LogP contribution in [0.5, 0.6) is 0 Å². The van der Waals surface area contributed by atoms with Gasteiger partial charge in [-0.2, -0.15) is 0 Å². The number of rotatable bonds is 4. The largest absolute Gasteiger partial charge is 0.372 e. The van der Waals surface area contributed by atoms with E-state index in [-0.39, 0.29) is 23.7 Å². The molecule has 2 aromatic heterocycles. The monoisotopic (exact) mass is 458 g/mol. The number of thioether (sulfide) groups is 1. The number of carbonyl (C=O) groups is 1. The predicted molar refractivity (Wildman–Crippen MR) is 129 cm³/mol. The van der Waals surface area contributed by atoms with Crippen LogP contribution in [0.3, 0.4) is 0 Å². The van der Waals surface area contributed by atoms with E-state index < -0.39 is 0 Å². The number of anilines is 1. The highest BCUT2D eigenvalue weighted by atomic mass is 32.2. The van der Waals surface area contributed by atoms with Gasteiger partial charge in [-0.3, -0.25) is 18.9 Å². The first-order chi connectivity index (χ1) is 14.8. The number of nitrogens with zero attached hydrogens (tertiary/aromatic N) is 4. The minimum Gasteiger partial charge on any atom is -0.372 e. The maximum absolute atomic E-state index is 13.5. The Bertz CT molecular complexity index is 1130. The highest BCUT2D eigenvalue weighted by molar-refractivity contribution is 8.26. The summed E-state index contributed by atoms with van der Waals surface area (Å²) in [4.78, 5) is 35.5. The summed E-state index contributed by atoms with van der Waals surface area (Å²) in [6.07, 6.45) is 4.21. The number of ether oxygens (including phenoxy) is 1. The number of carbonyl (C=O) groups excluding carboxylic acids is 1. The minimum atomic E-state index is -0.198. The Kier molecular flexibility index (Phi) is 6.18. The lowest BCUT2D eigenvalue weighted by atomic mass is 10.1. The molecule has 7 nitrogen and oxygen atoms in total. The van der Waals surface area contributed by atoms with Crippen LogP contribution in [0.1, 0.15) is 38.3 Å². The SMILES string of the molecule is CCCN1C(=O)/C(=C\c2c(N3C[C@@H](C)O[C@H](C)C3)nc3c(C)cccn3c2=O)SC1=S. The van der Waals surface area contributed by atoms with Gasteiger partial charge in [0.15, 0.2) is 0 Å². The van der Waals surface area contributed by atoms with E-state index in [9.17, 15) is 9.59 Å². The van der Waals surface area contributed by atoms with Crippen molar-refractivity contribution >= 4 is 51.7 Å². The lowest BCUT2D eigenvalue weighted by Crippen LogP contribution is -2.46. The molecule has 1 amide bonds. The van der Waals surface area contributed by atoms with Gasteiger partial charge in [0.25, 0.3) is 11.5 Å². The number of aromatic nitrogens is 2. The van der Waals surface area contributed by atoms with Crippen molar-refractivity contribution in [2.45, 2.75) is 46.3 Å². The summed E-state index contributed by atoms with van der Waals surface area (Å²) >= 11 is 6.63. The Morgan fingerprint density at radius 2 is 2.00 bits per heavy atom. The zero-order valence-electron chi connectivity index (χ0n) is 18.1. The Morgan fingerprint density at radius 1 is 1.29 bits per heavy atom. The van der Waals surface area contributed by atoms with Crippen molar-refractivity contribution in [2.24, 2.45) is 0 Å². The standard InChI is InChI=1S/C22H26N4O3S2/c1-5-8-26-21(28)17(31-22(26)30)10-16-19(24-11-14(3)29-15(4)12-24)23-18-13(2)7-6-9-25(18)20(16)27/h6-7,9-10,14-15H,5,8,11-12H2,1-4H3/b17-10+/t14-,15-/m1/s1. The van der Waals surface area contributed by atoms with E-state index in [0.717, 1.165) is 12.0 Å². The smallest absolute Gasteiger partial charge is 0.267 e. The minimum absolute atomic E-state index is 0.0106. The number of pyridine rings is 1. The van der Waals surface area contributed by atoms with Gasteiger partial charge >= 0.3 is 0 Å². The van der Waals surface area contributed by atoms with Crippen molar-refractivity contribution < 1.29 is 9.53 Å². The van der Waals surface area contributed by atoms with Crippen LogP contribution in [-0.4, -0.2) is 56.4 Å². The van der Waals surface area contributed by atoms with Crippen molar-refractivity contribution in [3.05, 3.63) is 44.7 Å². The molecule has 4 heterocycles. The molecule has 0 unspecified atom stereocenters. The van der Waals surface area contributed by atoms with Crippen molar-refractivity contribution in [1.82, 2.24) is 14.3 Å². The molecular weight excluding hydrogens is 432 g/mol. The molecule has 4 rings (SSSR count). The first kappa shape index (κ1) is 22.0. The van der Waals surface area contributed by atoms with Crippen LogP contribution < -0.4 is 10.5 Å². The van der Waals surface area contributed by atoms with Gasteiger partial charge in [-0.25, -0.2) is 4.98 Å². The van der Waals surface area contributed by atoms with Crippen LogP contribution in [0.25, 0.3) is 11.7 Å². The highest BCUT2D eigenvalue weighted by Gasteiger charge is 2.33. The fraction of sp³-hybridized carbons (Fsp3) is 0.455. The van der Waals surface area contributed by atoms with Gasteiger partial charge in [-0.15, -0.1) is 0 Å². The molecule has 9 heteroatoms. The molecule has 2 aliphatic rings. The summed E-state index contributed by atoms with van der Waals surface area (Å²) in [5.74, 6) is 0.433. The van der Waals surface area contributed by atoms with E-state index in [2.05, 4.69) is 4.90 Å². The number of aryl methyl sites for hydroxylation is 1. The summed E-state index contributed by atoms with van der Waals surface area (Å²) in [6.45, 7) is 9.78. The summed E-state index contributed by atoms with van der Waals surface area (Å²) < 4.78 is 7.95. The molecular formula is C22H26N4O3S2. The molecule has 31 heavy (non-hydrogen) atoms. The maximum atomic E-state index is 13.5. The lowest BCUT2D eigenvalue weighted by Gasteiger charge is -2.36. The van der Waals surface area contributed by atoms with Gasteiger partial charge in [0.05, 0.1) is 22.7 Å². The third-order valence-electron chi connectivity index (χ3n) is 5.38. The fourth-order valence-corrected chi connectivity index (χ4v) is 5.36. The first-order valence-corrected chi connectivity index (χ1v) is 11.7. The second kappa shape index (κ2) is 8.72. The van der Waals surface area contributed by atoms with E-state index in [1.165, 1.54) is 11.8 Å². The van der Waals surface area contributed by atoms with Crippen LogP contribution in [0, 0.1) is 6.92 Å². The van der Waals surface area contributed by atoms with Crippen LogP contribution in [0.4, 0.5) is 5.82 Å². The third-order valence-corrected chi connectivity index (χ3v) is 6.76. The van der Waals surface area contributed by atoms with Crippen molar-refractivity contribution in [3.8, 4) is 0 Å². The quantitative estimate of drug-likeness (QED) is 0.515. The Hall–Kier alpha value is -2.23. The average Bonchev–Trinajstić information content (AvgIpc) is 2.97. The molecule has 164 valence electrons. The summed E-state index contributed by atoms with van der Waals surface area (Å²) in [5, 5.41) is 0. The molecule has 0 saturated carbocycles. The van der Waals surface area contributed by atoms with Crippen LogP contribution in [0.15, 0.2) is 28.0 Å². The topological polar surface area (TPSA) is 67.2 Å². The Balaban J connectivity index is 1.89. The lowest BCUT2D eigenvalue weighted by molar-refractivity contribution is -0.122. The summed E-state index contributed by atoms with van der Waals surface area (Å²) in [7, 11) is 0. The van der Waals surface area contributed by atoms with E-state index in [0.29, 0.717) is 45.9 Å². The number of hydrogen-bond acceptors (Lipinski definition) is 7. The normalized spacial score (nSPS) is 23.4. The van der Waals surface area contributed by atoms with Crippen molar-refractivity contribution in [2.75, 3.05) is 24.5 Å². The van der Waals surface area contributed by atoms with Crippen molar-refractivity contribution in [1.29, 1.82) is 0 Å². The molecule has 0 N–H and O–H groups in total. The maximum Gasteiger partial charge on any atom is 0.267 e. The number of thiocarbonyl (C=S) groups is 1. The average molecular weight is 459 g/mol. The van der Waals surface area contributed by atoms with E-state index in [4.69, 9.17) is 21.9 Å². The van der Waals surface area contributed by atoms with Gasteiger partial charge in [0, 0.05) is 25.8 Å². The van der Waals surface area contributed by atoms with Gasteiger partial charge in [0.1, 0.15) is 15.8 Å². The van der Waals surface area contributed by atoms with E-state index >= 15 is 0 Å². The number of fused-ring (bicyclic) bond motifs is 1.